The summed E-state index contributed by atoms with van der Waals surface area (Å²) in [6.07, 6.45) is 10.1. The van der Waals surface area contributed by atoms with Crippen molar-refractivity contribution in [3.05, 3.63) is 6.07 Å². The minimum absolute atomic E-state index is 0.489. The first-order valence-electron chi connectivity index (χ1n) is 11.5. The number of piperidine rings is 2. The molecule has 6 nitrogen and oxygen atoms in total. The van der Waals surface area contributed by atoms with Crippen molar-refractivity contribution in [2.45, 2.75) is 71.3 Å². The minimum Gasteiger partial charge on any atom is -0.360 e. The third kappa shape index (κ3) is 5.50. The van der Waals surface area contributed by atoms with E-state index in [1.807, 2.05) is 0 Å². The summed E-state index contributed by atoms with van der Waals surface area (Å²) in [7, 11) is 0. The zero-order valence-corrected chi connectivity index (χ0v) is 18.8. The Hall–Kier alpha value is -1.63. The fourth-order valence-electron chi connectivity index (χ4n) is 5.17. The van der Waals surface area contributed by atoms with Crippen LogP contribution in [-0.4, -0.2) is 47.3 Å². The number of hydrogen-bond donors (Lipinski definition) is 2. The second-order valence-electron chi connectivity index (χ2n) is 9.39. The maximum absolute atomic E-state index is 5.58. The van der Waals surface area contributed by atoms with Crippen molar-refractivity contribution in [2.75, 3.05) is 41.3 Å². The average Bonchev–Trinajstić information content (AvgIpc) is 3.20. The van der Waals surface area contributed by atoms with Gasteiger partial charge in [0, 0.05) is 38.3 Å². The Kier molecular flexibility index (Phi) is 6.73. The molecule has 29 heavy (non-hydrogen) atoms. The molecule has 4 rings (SSSR count). The highest BCUT2D eigenvalue weighted by Gasteiger charge is 2.25. The van der Waals surface area contributed by atoms with E-state index in [2.05, 4.69) is 40.3 Å². The lowest BCUT2D eigenvalue weighted by Crippen LogP contribution is -2.40. The first-order valence-corrected chi connectivity index (χ1v) is 11.9. The largest absolute Gasteiger partial charge is 0.360 e. The first kappa shape index (κ1) is 20.6. The second kappa shape index (κ2) is 9.45. The van der Waals surface area contributed by atoms with Gasteiger partial charge in [-0.15, -0.1) is 0 Å². The smallest absolute Gasteiger partial charge is 0.232 e. The highest BCUT2D eigenvalue weighted by molar-refractivity contribution is 7.80. The van der Waals surface area contributed by atoms with E-state index >= 15 is 0 Å². The Morgan fingerprint density at radius 2 is 1.55 bits per heavy atom. The Balaban J connectivity index is 1.54. The first-order chi connectivity index (χ1) is 14.1. The summed E-state index contributed by atoms with van der Waals surface area (Å²) in [4.78, 5) is 14.6. The van der Waals surface area contributed by atoms with Crippen molar-refractivity contribution < 1.29 is 0 Å². The van der Waals surface area contributed by atoms with Crippen LogP contribution in [0.3, 0.4) is 0 Å². The molecule has 0 aromatic carbocycles. The van der Waals surface area contributed by atoms with Crippen molar-refractivity contribution in [1.29, 1.82) is 0 Å². The number of anilines is 3. The summed E-state index contributed by atoms with van der Waals surface area (Å²) < 4.78 is 0. The third-order valence-electron chi connectivity index (χ3n) is 6.49. The molecule has 7 heteroatoms. The van der Waals surface area contributed by atoms with Crippen molar-refractivity contribution >= 4 is 34.9 Å². The van der Waals surface area contributed by atoms with E-state index in [9.17, 15) is 0 Å². The fraction of sp³-hybridized carbons (Fsp3) is 0.773. The molecule has 2 atom stereocenters. The summed E-state index contributed by atoms with van der Waals surface area (Å²) in [5, 5.41) is 7.40. The molecule has 2 N–H and O–H groups in total. The van der Waals surface area contributed by atoms with Crippen molar-refractivity contribution in [3.63, 3.8) is 0 Å². The van der Waals surface area contributed by atoms with Crippen molar-refractivity contribution in [3.8, 4) is 0 Å². The van der Waals surface area contributed by atoms with E-state index in [0.717, 1.165) is 37.8 Å². The van der Waals surface area contributed by atoms with Gasteiger partial charge in [-0.2, -0.15) is 9.97 Å². The molecule has 0 amide bonds. The summed E-state index contributed by atoms with van der Waals surface area (Å²) in [6.45, 7) is 8.96. The maximum Gasteiger partial charge on any atom is 0.232 e. The summed E-state index contributed by atoms with van der Waals surface area (Å²) in [6, 6.07) is 2.68. The van der Waals surface area contributed by atoms with Gasteiger partial charge in [0.1, 0.15) is 11.6 Å². The van der Waals surface area contributed by atoms with Crippen LogP contribution in [0.2, 0.25) is 0 Å². The van der Waals surface area contributed by atoms with Crippen LogP contribution in [0.5, 0.6) is 0 Å². The van der Waals surface area contributed by atoms with Gasteiger partial charge in [-0.25, -0.2) is 0 Å². The van der Waals surface area contributed by atoms with Crippen LogP contribution in [0.25, 0.3) is 0 Å². The van der Waals surface area contributed by atoms with Gasteiger partial charge in [0.05, 0.1) is 0 Å². The van der Waals surface area contributed by atoms with Gasteiger partial charge >= 0.3 is 0 Å². The molecule has 2 aliphatic heterocycles. The summed E-state index contributed by atoms with van der Waals surface area (Å²) in [5.41, 5.74) is 0. The van der Waals surface area contributed by atoms with Crippen molar-refractivity contribution in [1.82, 2.24) is 15.3 Å². The molecule has 1 saturated carbocycles. The van der Waals surface area contributed by atoms with Crippen LogP contribution in [0, 0.1) is 11.8 Å². The van der Waals surface area contributed by atoms with E-state index in [0.29, 0.717) is 28.9 Å². The quantitative estimate of drug-likeness (QED) is 0.714. The molecule has 1 aromatic heterocycles. The zero-order chi connectivity index (χ0) is 20.2. The topological polar surface area (TPSA) is 56.3 Å². The maximum atomic E-state index is 5.58. The molecule has 160 valence electrons. The highest BCUT2D eigenvalue weighted by Crippen LogP contribution is 2.29. The third-order valence-corrected chi connectivity index (χ3v) is 6.71. The normalized spacial score (nSPS) is 25.9. The van der Waals surface area contributed by atoms with Gasteiger partial charge in [-0.1, -0.05) is 26.7 Å². The standard InChI is InChI=1S/C22H36N6S/c1-16-12-17(2)15-28(14-16)20-13-19(27-10-6-3-7-11-27)24-21(25-20)26-22(29)23-18-8-4-5-9-18/h13,16-18H,3-12,14-15H2,1-2H3,(H2,23,24,25,26,29). The molecule has 3 heterocycles. The number of rotatable bonds is 4. The van der Waals surface area contributed by atoms with Gasteiger partial charge in [0.2, 0.25) is 5.95 Å². The monoisotopic (exact) mass is 416 g/mol. The molecule has 3 fully saturated rings. The number of nitrogens with one attached hydrogen (secondary N) is 2. The van der Waals surface area contributed by atoms with Crippen LogP contribution in [0.1, 0.15) is 65.2 Å². The van der Waals surface area contributed by atoms with Crippen LogP contribution >= 0.6 is 12.2 Å². The van der Waals surface area contributed by atoms with E-state index in [-0.39, 0.29) is 0 Å². The van der Waals surface area contributed by atoms with Gasteiger partial charge in [-0.3, -0.25) is 0 Å². The molecule has 2 unspecified atom stereocenters. The molecule has 1 aromatic rings. The van der Waals surface area contributed by atoms with Crippen LogP contribution in [0.15, 0.2) is 6.07 Å². The summed E-state index contributed by atoms with van der Waals surface area (Å²) >= 11 is 5.58. The van der Waals surface area contributed by atoms with Gasteiger partial charge in [0.25, 0.3) is 0 Å². The Morgan fingerprint density at radius 3 is 2.21 bits per heavy atom. The number of thiocarbonyl (C=S) groups is 1. The molecule has 3 aliphatic rings. The molecular formula is C22H36N6S. The number of nitrogens with zero attached hydrogens (tertiary/aromatic N) is 4. The van der Waals surface area contributed by atoms with E-state index in [1.165, 1.54) is 51.4 Å². The molecule has 2 saturated heterocycles. The van der Waals surface area contributed by atoms with Crippen LogP contribution in [0.4, 0.5) is 17.6 Å². The lowest BCUT2D eigenvalue weighted by molar-refractivity contribution is 0.355. The van der Waals surface area contributed by atoms with Crippen LogP contribution in [-0.2, 0) is 0 Å². The highest BCUT2D eigenvalue weighted by atomic mass is 32.1. The minimum atomic E-state index is 0.489. The average molecular weight is 417 g/mol. The number of aromatic nitrogens is 2. The van der Waals surface area contributed by atoms with Crippen LogP contribution < -0.4 is 20.4 Å². The molecule has 1 aliphatic carbocycles. The Labute approximate surface area is 180 Å². The fourth-order valence-corrected chi connectivity index (χ4v) is 5.43. The zero-order valence-electron chi connectivity index (χ0n) is 18.0. The molecular weight excluding hydrogens is 380 g/mol. The van der Waals surface area contributed by atoms with Gasteiger partial charge in [0.15, 0.2) is 5.11 Å². The van der Waals surface area contributed by atoms with Gasteiger partial charge in [-0.05, 0) is 62.6 Å². The van der Waals surface area contributed by atoms with Gasteiger partial charge < -0.3 is 20.4 Å². The predicted octanol–water partition coefficient (Wildman–Crippen LogP) is 4.18. The lowest BCUT2D eigenvalue weighted by Gasteiger charge is -2.36. The molecule has 0 radical (unpaired) electrons. The second-order valence-corrected chi connectivity index (χ2v) is 9.79. The Bertz CT molecular complexity index is 689. The van der Waals surface area contributed by atoms with E-state index in [1.54, 1.807) is 0 Å². The predicted molar refractivity (Wildman–Crippen MR) is 125 cm³/mol. The Morgan fingerprint density at radius 1 is 0.931 bits per heavy atom. The van der Waals surface area contributed by atoms with Crippen molar-refractivity contribution in [2.24, 2.45) is 11.8 Å². The summed E-state index contributed by atoms with van der Waals surface area (Å²) in [5.74, 6) is 4.07. The molecule has 0 bridgehead atoms. The van der Waals surface area contributed by atoms with E-state index < -0.39 is 0 Å². The molecule has 0 spiro atoms. The number of hydrogen-bond acceptors (Lipinski definition) is 5. The SMILES string of the molecule is CC1CC(C)CN(c2cc(N3CCCCC3)nc(NC(=S)NC3CCCC3)n2)C1. The lowest BCUT2D eigenvalue weighted by atomic mass is 9.92. The van der Waals surface area contributed by atoms with E-state index in [4.69, 9.17) is 22.2 Å².